The standard InChI is InChI=1S/C18H26N4O3S3/c1-11(23)16(19)14(24)5-6-15-21-13(10-26-15)18-22-12(9-27-18)17(25)20-7-4-8-28(2)3/h9-11,16,23H,4-8,19H2,1-3H3/p+1/t11-,16+/m1/s1. The maximum atomic E-state index is 12.2. The Kier molecular flexibility index (Phi) is 9.03. The molecule has 0 aliphatic carbocycles. The number of rotatable bonds is 11. The van der Waals surface area contributed by atoms with Crippen molar-refractivity contribution < 1.29 is 14.7 Å². The highest BCUT2D eigenvalue weighted by atomic mass is 32.2. The van der Waals surface area contributed by atoms with E-state index in [1.807, 2.05) is 5.38 Å². The van der Waals surface area contributed by atoms with Gasteiger partial charge in [0.1, 0.15) is 22.1 Å². The predicted molar refractivity (Wildman–Crippen MR) is 117 cm³/mol. The molecule has 0 aliphatic heterocycles. The Bertz CT molecular complexity index is 789. The highest BCUT2D eigenvalue weighted by molar-refractivity contribution is 7.95. The first kappa shape index (κ1) is 23.0. The van der Waals surface area contributed by atoms with E-state index in [1.165, 1.54) is 29.6 Å². The van der Waals surface area contributed by atoms with Gasteiger partial charge in [0.05, 0.1) is 29.7 Å². The molecule has 4 N–H and O–H groups in total. The third-order valence-electron chi connectivity index (χ3n) is 4.00. The van der Waals surface area contributed by atoms with Crippen LogP contribution in [0.1, 0.15) is 35.3 Å². The number of aromatic nitrogens is 2. The minimum atomic E-state index is -0.861. The zero-order valence-corrected chi connectivity index (χ0v) is 18.8. The molecule has 2 atom stereocenters. The van der Waals surface area contributed by atoms with E-state index in [0.29, 0.717) is 40.3 Å². The summed E-state index contributed by atoms with van der Waals surface area (Å²) in [6, 6.07) is -0.861. The molecule has 2 aromatic rings. The van der Waals surface area contributed by atoms with Gasteiger partial charge in [0, 0.05) is 36.6 Å². The lowest BCUT2D eigenvalue weighted by molar-refractivity contribution is -0.122. The molecule has 2 rings (SSSR count). The second-order valence-electron chi connectivity index (χ2n) is 6.70. The number of nitrogens with zero attached hydrogens (tertiary/aromatic N) is 2. The van der Waals surface area contributed by atoms with Crippen LogP contribution in [0.5, 0.6) is 0 Å². The number of amides is 1. The van der Waals surface area contributed by atoms with E-state index in [-0.39, 0.29) is 18.1 Å². The maximum Gasteiger partial charge on any atom is 0.270 e. The molecule has 28 heavy (non-hydrogen) atoms. The molecule has 10 heteroatoms. The van der Waals surface area contributed by atoms with Crippen molar-refractivity contribution in [3.8, 4) is 10.7 Å². The van der Waals surface area contributed by atoms with Gasteiger partial charge in [-0.3, -0.25) is 9.59 Å². The van der Waals surface area contributed by atoms with E-state index in [2.05, 4.69) is 27.8 Å². The minimum Gasteiger partial charge on any atom is -0.391 e. The van der Waals surface area contributed by atoms with Gasteiger partial charge >= 0.3 is 0 Å². The van der Waals surface area contributed by atoms with Crippen molar-refractivity contribution in [2.45, 2.75) is 38.3 Å². The van der Waals surface area contributed by atoms with Gasteiger partial charge in [-0.05, 0) is 17.8 Å². The Morgan fingerprint density at radius 2 is 2.04 bits per heavy atom. The van der Waals surface area contributed by atoms with E-state index in [9.17, 15) is 14.7 Å². The summed E-state index contributed by atoms with van der Waals surface area (Å²) in [6.07, 6.45) is 5.19. The zero-order chi connectivity index (χ0) is 20.7. The Morgan fingerprint density at radius 3 is 2.71 bits per heavy atom. The quantitative estimate of drug-likeness (QED) is 0.358. The molecule has 2 aromatic heterocycles. The first-order valence-electron chi connectivity index (χ1n) is 8.97. The van der Waals surface area contributed by atoms with Crippen molar-refractivity contribution in [1.29, 1.82) is 0 Å². The van der Waals surface area contributed by atoms with Gasteiger partial charge in [0.25, 0.3) is 5.91 Å². The zero-order valence-electron chi connectivity index (χ0n) is 16.3. The number of aliphatic hydroxyl groups is 1. The van der Waals surface area contributed by atoms with Crippen molar-refractivity contribution >= 4 is 45.3 Å². The van der Waals surface area contributed by atoms with Crippen LogP contribution in [-0.2, 0) is 22.1 Å². The van der Waals surface area contributed by atoms with Crippen LogP contribution < -0.4 is 11.1 Å². The highest BCUT2D eigenvalue weighted by Crippen LogP contribution is 2.26. The number of thiazole rings is 2. The first-order chi connectivity index (χ1) is 13.3. The van der Waals surface area contributed by atoms with Crippen molar-refractivity contribution in [3.63, 3.8) is 0 Å². The van der Waals surface area contributed by atoms with Crippen LogP contribution in [-0.4, -0.2) is 63.7 Å². The van der Waals surface area contributed by atoms with E-state index >= 15 is 0 Å². The molecule has 2 heterocycles. The number of aliphatic hydroxyl groups excluding tert-OH is 1. The summed E-state index contributed by atoms with van der Waals surface area (Å²) in [7, 11) is 0.384. The fourth-order valence-corrected chi connectivity index (χ4v) is 4.68. The molecule has 154 valence electrons. The average Bonchev–Trinajstić information content (AvgIpc) is 3.31. The van der Waals surface area contributed by atoms with Gasteiger partial charge in [0.15, 0.2) is 5.78 Å². The number of carbonyl (C=O) groups is 2. The number of nitrogens with one attached hydrogen (secondary N) is 1. The lowest BCUT2D eigenvalue weighted by Crippen LogP contribution is -2.40. The van der Waals surface area contributed by atoms with Gasteiger partial charge in [-0.25, -0.2) is 9.97 Å². The van der Waals surface area contributed by atoms with Gasteiger partial charge in [-0.15, -0.1) is 22.7 Å². The number of carbonyl (C=O) groups excluding carboxylic acids is 2. The summed E-state index contributed by atoms with van der Waals surface area (Å²) >= 11 is 2.82. The third-order valence-corrected chi connectivity index (χ3v) is 6.88. The molecule has 1 amide bonds. The second kappa shape index (κ2) is 11.0. The highest BCUT2D eigenvalue weighted by Gasteiger charge is 2.19. The summed E-state index contributed by atoms with van der Waals surface area (Å²) < 4.78 is 0. The molecule has 0 aliphatic rings. The van der Waals surface area contributed by atoms with Crippen molar-refractivity contribution in [1.82, 2.24) is 15.3 Å². The third kappa shape index (κ3) is 6.93. The Hall–Kier alpha value is -1.33. The number of ketones is 1. The fraction of sp³-hybridized carbons (Fsp3) is 0.556. The molecule has 7 nitrogen and oxygen atoms in total. The number of nitrogens with two attached hydrogens (primary N) is 1. The number of hydrogen-bond donors (Lipinski definition) is 3. The summed E-state index contributed by atoms with van der Waals surface area (Å²) in [6.45, 7) is 2.16. The summed E-state index contributed by atoms with van der Waals surface area (Å²) in [4.78, 5) is 33.0. The molecular formula is C18H27N4O3S3+. The van der Waals surface area contributed by atoms with E-state index in [1.54, 1.807) is 5.38 Å². The van der Waals surface area contributed by atoms with Gasteiger partial charge in [-0.2, -0.15) is 0 Å². The number of hydrogen-bond acceptors (Lipinski definition) is 8. The first-order valence-corrected chi connectivity index (χ1v) is 12.9. The van der Waals surface area contributed by atoms with Crippen LogP contribution in [0.25, 0.3) is 10.7 Å². The topological polar surface area (TPSA) is 118 Å². The number of Topliss-reactive ketones (excluding diaryl/α,β-unsaturated/α-hetero) is 1. The fourth-order valence-electron chi connectivity index (χ4n) is 2.34. The molecule has 0 fully saturated rings. The molecule has 0 aromatic carbocycles. The van der Waals surface area contributed by atoms with E-state index in [4.69, 9.17) is 5.73 Å². The SMILES string of the molecule is C[C@@H](O)[C@H](N)C(=O)CCc1nc(-c2nc(C(=O)NCCC[S+](C)C)cs2)cs1. The van der Waals surface area contributed by atoms with E-state index in [0.717, 1.165) is 17.2 Å². The van der Waals surface area contributed by atoms with Crippen LogP contribution in [0.3, 0.4) is 0 Å². The van der Waals surface area contributed by atoms with Crippen molar-refractivity contribution in [2.75, 3.05) is 24.8 Å². The molecular weight excluding hydrogens is 416 g/mol. The molecule has 0 radical (unpaired) electrons. The molecule has 0 bridgehead atoms. The lowest BCUT2D eigenvalue weighted by Gasteiger charge is -2.12. The van der Waals surface area contributed by atoms with Gasteiger partial charge in [-0.1, -0.05) is 0 Å². The minimum absolute atomic E-state index is 0.164. The summed E-state index contributed by atoms with van der Waals surface area (Å²) in [5, 5.41) is 17.4. The lowest BCUT2D eigenvalue weighted by atomic mass is 10.0. The van der Waals surface area contributed by atoms with Crippen molar-refractivity contribution in [2.24, 2.45) is 5.73 Å². The van der Waals surface area contributed by atoms with Crippen LogP contribution in [0.2, 0.25) is 0 Å². The average molecular weight is 444 g/mol. The predicted octanol–water partition coefficient (Wildman–Crippen LogP) is 1.47. The van der Waals surface area contributed by atoms with Gasteiger partial charge < -0.3 is 16.2 Å². The monoisotopic (exact) mass is 443 g/mol. The summed E-state index contributed by atoms with van der Waals surface area (Å²) in [5.41, 5.74) is 6.76. The van der Waals surface area contributed by atoms with Crippen molar-refractivity contribution in [3.05, 3.63) is 21.5 Å². The molecule has 0 unspecified atom stereocenters. The van der Waals surface area contributed by atoms with Crippen LogP contribution in [0, 0.1) is 0 Å². The molecule has 0 saturated carbocycles. The summed E-state index contributed by atoms with van der Waals surface area (Å²) in [5.74, 6) is 0.759. The smallest absolute Gasteiger partial charge is 0.270 e. The normalized spacial score (nSPS) is 13.5. The van der Waals surface area contributed by atoms with Crippen LogP contribution in [0.15, 0.2) is 10.8 Å². The van der Waals surface area contributed by atoms with Gasteiger partial charge in [0.2, 0.25) is 0 Å². The maximum absolute atomic E-state index is 12.2. The van der Waals surface area contributed by atoms with E-state index < -0.39 is 12.1 Å². The van der Waals surface area contributed by atoms with Crippen LogP contribution in [0.4, 0.5) is 0 Å². The Balaban J connectivity index is 1.88. The largest absolute Gasteiger partial charge is 0.391 e. The Labute approximate surface area is 176 Å². The molecule has 0 spiro atoms. The Morgan fingerprint density at radius 1 is 1.29 bits per heavy atom. The van der Waals surface area contributed by atoms with Crippen LogP contribution >= 0.6 is 22.7 Å². The number of aryl methyl sites for hydroxylation is 1. The second-order valence-corrected chi connectivity index (χ2v) is 10.9. The molecule has 0 saturated heterocycles.